The molecule has 0 heterocycles. The number of halogens is 2. The molecule has 0 fully saturated rings. The fraction of sp³-hybridized carbons (Fsp3) is 0.182. The third-order valence-corrected chi connectivity index (χ3v) is 6.31. The van der Waals surface area contributed by atoms with Gasteiger partial charge in [-0.15, -0.1) is 0 Å². The first-order valence-electron chi connectivity index (χ1n) is 8.92. The molecule has 28 heavy (non-hydrogen) atoms. The SMILES string of the molecule is O=S(=O)(Cc1ccccc1)NCC(Cc1ccc(Cl)cc1)c1ccc(Cl)cc1. The van der Waals surface area contributed by atoms with Gasteiger partial charge in [0.15, 0.2) is 0 Å². The summed E-state index contributed by atoms with van der Waals surface area (Å²) in [5, 5.41) is 1.33. The van der Waals surface area contributed by atoms with Gasteiger partial charge in [0.1, 0.15) is 0 Å². The van der Waals surface area contributed by atoms with Crippen molar-refractivity contribution in [1.82, 2.24) is 4.72 Å². The normalized spacial score (nSPS) is 12.6. The fourth-order valence-corrected chi connectivity index (χ4v) is 4.46. The highest BCUT2D eigenvalue weighted by atomic mass is 35.5. The van der Waals surface area contributed by atoms with Gasteiger partial charge in [-0.3, -0.25) is 0 Å². The maximum atomic E-state index is 12.5. The van der Waals surface area contributed by atoms with Crippen molar-refractivity contribution in [2.75, 3.05) is 6.54 Å². The van der Waals surface area contributed by atoms with E-state index in [2.05, 4.69) is 4.72 Å². The summed E-state index contributed by atoms with van der Waals surface area (Å²) in [6.45, 7) is 0.305. The molecule has 146 valence electrons. The third kappa shape index (κ3) is 6.35. The predicted octanol–water partition coefficient (Wildman–Crippen LogP) is 5.44. The lowest BCUT2D eigenvalue weighted by Gasteiger charge is -2.19. The second kappa shape index (κ2) is 9.57. The summed E-state index contributed by atoms with van der Waals surface area (Å²) in [7, 11) is -3.44. The van der Waals surface area contributed by atoms with Gasteiger partial charge in [0, 0.05) is 22.5 Å². The molecular weight excluding hydrogens is 413 g/mol. The van der Waals surface area contributed by atoms with Gasteiger partial charge in [-0.25, -0.2) is 13.1 Å². The van der Waals surface area contributed by atoms with Crippen molar-refractivity contribution in [2.45, 2.75) is 18.1 Å². The van der Waals surface area contributed by atoms with E-state index in [9.17, 15) is 8.42 Å². The van der Waals surface area contributed by atoms with E-state index in [1.165, 1.54) is 0 Å². The molecule has 6 heteroatoms. The zero-order valence-electron chi connectivity index (χ0n) is 15.2. The van der Waals surface area contributed by atoms with Gasteiger partial charge in [0.25, 0.3) is 0 Å². The lowest BCUT2D eigenvalue weighted by Crippen LogP contribution is -2.30. The Bertz CT molecular complexity index is 989. The summed E-state index contributed by atoms with van der Waals surface area (Å²) in [4.78, 5) is 0. The molecule has 3 nitrogen and oxygen atoms in total. The van der Waals surface area contributed by atoms with Crippen LogP contribution in [-0.4, -0.2) is 15.0 Å². The predicted molar refractivity (Wildman–Crippen MR) is 116 cm³/mol. The molecule has 0 radical (unpaired) electrons. The molecule has 0 aromatic heterocycles. The molecule has 0 saturated heterocycles. The number of sulfonamides is 1. The van der Waals surface area contributed by atoms with Gasteiger partial charge in [-0.05, 0) is 47.4 Å². The van der Waals surface area contributed by atoms with Gasteiger partial charge in [-0.1, -0.05) is 77.8 Å². The van der Waals surface area contributed by atoms with E-state index in [4.69, 9.17) is 23.2 Å². The summed E-state index contributed by atoms with van der Waals surface area (Å²) < 4.78 is 27.8. The number of nitrogens with one attached hydrogen (secondary N) is 1. The molecule has 3 rings (SSSR count). The van der Waals surface area contributed by atoms with Crippen molar-refractivity contribution < 1.29 is 8.42 Å². The molecule has 0 bridgehead atoms. The lowest BCUT2D eigenvalue weighted by molar-refractivity contribution is 0.568. The van der Waals surface area contributed by atoms with Gasteiger partial charge >= 0.3 is 0 Å². The molecule has 0 aliphatic carbocycles. The van der Waals surface area contributed by atoms with Crippen LogP contribution in [0.15, 0.2) is 78.9 Å². The van der Waals surface area contributed by atoms with Gasteiger partial charge in [0.05, 0.1) is 5.75 Å². The Balaban J connectivity index is 1.74. The number of hydrogen-bond acceptors (Lipinski definition) is 2. The number of rotatable bonds is 8. The lowest BCUT2D eigenvalue weighted by atomic mass is 9.92. The van der Waals surface area contributed by atoms with Gasteiger partial charge in [-0.2, -0.15) is 0 Å². The summed E-state index contributed by atoms with van der Waals surface area (Å²) in [6, 6.07) is 24.3. The van der Waals surface area contributed by atoms with Crippen LogP contribution >= 0.6 is 23.2 Å². The first kappa shape index (κ1) is 20.9. The molecule has 1 atom stereocenters. The molecule has 0 aliphatic heterocycles. The van der Waals surface area contributed by atoms with Crippen molar-refractivity contribution in [3.63, 3.8) is 0 Å². The Labute approximate surface area is 176 Å². The minimum Gasteiger partial charge on any atom is -0.214 e. The zero-order chi connectivity index (χ0) is 20.0. The highest BCUT2D eigenvalue weighted by Crippen LogP contribution is 2.23. The van der Waals surface area contributed by atoms with Gasteiger partial charge in [0.2, 0.25) is 10.0 Å². The molecular formula is C22H21Cl2NO2S. The maximum Gasteiger partial charge on any atom is 0.215 e. The van der Waals surface area contributed by atoms with Crippen LogP contribution in [0, 0.1) is 0 Å². The summed E-state index contributed by atoms with van der Waals surface area (Å²) in [5.74, 6) is -0.0636. The average molecular weight is 434 g/mol. The van der Waals surface area contributed by atoms with Crippen molar-refractivity contribution >= 4 is 33.2 Å². The topological polar surface area (TPSA) is 46.2 Å². The minimum atomic E-state index is -3.44. The second-order valence-electron chi connectivity index (χ2n) is 6.67. The Hall–Kier alpha value is -1.85. The summed E-state index contributed by atoms with van der Waals surface area (Å²) in [5.41, 5.74) is 2.88. The van der Waals surface area contributed by atoms with Crippen LogP contribution in [0.1, 0.15) is 22.6 Å². The number of benzene rings is 3. The summed E-state index contributed by atoms with van der Waals surface area (Å²) in [6.07, 6.45) is 0.687. The molecule has 1 unspecified atom stereocenters. The average Bonchev–Trinajstić information content (AvgIpc) is 2.68. The van der Waals surface area contributed by atoms with Crippen LogP contribution in [0.25, 0.3) is 0 Å². The highest BCUT2D eigenvalue weighted by Gasteiger charge is 2.18. The monoisotopic (exact) mass is 433 g/mol. The van der Waals surface area contributed by atoms with Crippen LogP contribution in [0.2, 0.25) is 10.0 Å². The minimum absolute atomic E-state index is 0.0241. The van der Waals surface area contributed by atoms with Crippen LogP contribution in [0.3, 0.4) is 0 Å². The number of hydrogen-bond donors (Lipinski definition) is 1. The molecule has 0 saturated carbocycles. The van der Waals surface area contributed by atoms with E-state index in [0.717, 1.165) is 16.7 Å². The molecule has 0 spiro atoms. The summed E-state index contributed by atoms with van der Waals surface area (Å²) >= 11 is 12.0. The van der Waals surface area contributed by atoms with E-state index in [1.54, 1.807) is 0 Å². The largest absolute Gasteiger partial charge is 0.215 e. The smallest absolute Gasteiger partial charge is 0.214 e. The molecule has 0 aliphatic rings. The first-order chi connectivity index (χ1) is 13.4. The van der Waals surface area contributed by atoms with E-state index < -0.39 is 10.0 Å². The van der Waals surface area contributed by atoms with E-state index in [0.29, 0.717) is 23.0 Å². The Morgan fingerprint density at radius 2 is 1.32 bits per heavy atom. The van der Waals surface area contributed by atoms with Crippen molar-refractivity contribution in [3.8, 4) is 0 Å². The van der Waals surface area contributed by atoms with Crippen LogP contribution < -0.4 is 4.72 Å². The fourth-order valence-electron chi connectivity index (χ4n) is 3.02. The van der Waals surface area contributed by atoms with Crippen LogP contribution in [0.5, 0.6) is 0 Å². The molecule has 3 aromatic carbocycles. The van der Waals surface area contributed by atoms with Crippen LogP contribution in [0.4, 0.5) is 0 Å². The highest BCUT2D eigenvalue weighted by molar-refractivity contribution is 7.88. The molecule has 3 aromatic rings. The van der Waals surface area contributed by atoms with E-state index in [-0.39, 0.29) is 11.7 Å². The van der Waals surface area contributed by atoms with E-state index >= 15 is 0 Å². The van der Waals surface area contributed by atoms with Crippen LogP contribution in [-0.2, 0) is 22.2 Å². The van der Waals surface area contributed by atoms with Gasteiger partial charge < -0.3 is 0 Å². The van der Waals surface area contributed by atoms with Crippen molar-refractivity contribution in [3.05, 3.63) is 106 Å². The Kier molecular flexibility index (Phi) is 7.13. The second-order valence-corrected chi connectivity index (χ2v) is 9.35. The Morgan fingerprint density at radius 3 is 1.93 bits per heavy atom. The van der Waals surface area contributed by atoms with E-state index in [1.807, 2.05) is 78.9 Å². The first-order valence-corrected chi connectivity index (χ1v) is 11.3. The third-order valence-electron chi connectivity index (χ3n) is 4.49. The molecule has 1 N–H and O–H groups in total. The maximum absolute atomic E-state index is 12.5. The Morgan fingerprint density at radius 1 is 0.750 bits per heavy atom. The molecule has 0 amide bonds. The quantitative estimate of drug-likeness (QED) is 0.513. The standard InChI is InChI=1S/C22H21Cl2NO2S/c23-21-10-6-17(7-11-21)14-20(19-8-12-22(24)13-9-19)15-25-28(26,27)16-18-4-2-1-3-5-18/h1-13,20,25H,14-16H2. The van der Waals surface area contributed by atoms with Crippen molar-refractivity contribution in [1.29, 1.82) is 0 Å². The van der Waals surface area contributed by atoms with Crippen molar-refractivity contribution in [2.24, 2.45) is 0 Å². The zero-order valence-corrected chi connectivity index (χ0v) is 17.5.